The second kappa shape index (κ2) is 8.68. The molecule has 3 rings (SSSR count). The molecule has 1 saturated carbocycles. The quantitative estimate of drug-likeness (QED) is 0.748. The Labute approximate surface area is 164 Å². The molecule has 8 heteroatoms. The third kappa shape index (κ3) is 5.07. The van der Waals surface area contributed by atoms with Gasteiger partial charge in [-0.15, -0.1) is 0 Å². The molecule has 1 unspecified atom stereocenters. The molecule has 0 bridgehead atoms. The van der Waals surface area contributed by atoms with Gasteiger partial charge in [0.25, 0.3) is 0 Å². The van der Waals surface area contributed by atoms with E-state index in [4.69, 9.17) is 0 Å². The Morgan fingerprint density at radius 3 is 2.50 bits per heavy atom. The van der Waals surface area contributed by atoms with Gasteiger partial charge in [-0.25, -0.2) is 4.39 Å². The molecule has 1 aromatic rings. The molecular formula is C20H27FN4O3. The molecule has 1 heterocycles. The highest BCUT2D eigenvalue weighted by atomic mass is 19.1. The van der Waals surface area contributed by atoms with Crippen molar-refractivity contribution >= 4 is 17.7 Å². The van der Waals surface area contributed by atoms with E-state index >= 15 is 0 Å². The zero-order valence-electron chi connectivity index (χ0n) is 16.4. The summed E-state index contributed by atoms with van der Waals surface area (Å²) in [4.78, 5) is 42.0. The molecule has 1 N–H and O–H groups in total. The predicted molar refractivity (Wildman–Crippen MR) is 102 cm³/mol. The van der Waals surface area contributed by atoms with E-state index in [1.165, 1.54) is 12.1 Å². The number of piperazine rings is 1. The monoisotopic (exact) mass is 390 g/mol. The summed E-state index contributed by atoms with van der Waals surface area (Å²) in [6, 6.07) is 6.02. The fourth-order valence-corrected chi connectivity index (χ4v) is 3.39. The summed E-state index contributed by atoms with van der Waals surface area (Å²) in [7, 11) is 1.70. The van der Waals surface area contributed by atoms with E-state index in [-0.39, 0.29) is 23.8 Å². The number of amides is 3. The molecule has 1 atom stereocenters. The Balaban J connectivity index is 1.48. The third-order valence-corrected chi connectivity index (χ3v) is 5.30. The molecule has 152 valence electrons. The number of benzene rings is 1. The number of halogens is 1. The normalized spacial score (nSPS) is 18.5. The van der Waals surface area contributed by atoms with E-state index < -0.39 is 11.8 Å². The average molecular weight is 390 g/mol. The van der Waals surface area contributed by atoms with Gasteiger partial charge in [0.15, 0.2) is 0 Å². The van der Waals surface area contributed by atoms with Gasteiger partial charge in [0.1, 0.15) is 5.82 Å². The first-order valence-corrected chi connectivity index (χ1v) is 9.68. The van der Waals surface area contributed by atoms with Gasteiger partial charge in [-0.1, -0.05) is 12.1 Å². The van der Waals surface area contributed by atoms with Crippen LogP contribution in [0.2, 0.25) is 0 Å². The topological polar surface area (TPSA) is 73.0 Å². The molecule has 28 heavy (non-hydrogen) atoms. The summed E-state index contributed by atoms with van der Waals surface area (Å²) >= 11 is 0. The first-order chi connectivity index (χ1) is 13.3. The van der Waals surface area contributed by atoms with Crippen molar-refractivity contribution < 1.29 is 18.8 Å². The van der Waals surface area contributed by atoms with Crippen LogP contribution in [0.1, 0.15) is 25.3 Å². The van der Waals surface area contributed by atoms with Gasteiger partial charge in [0.2, 0.25) is 5.91 Å². The molecule has 3 amide bonds. The molecule has 7 nitrogen and oxygen atoms in total. The highest BCUT2D eigenvalue weighted by Gasteiger charge is 2.33. The van der Waals surface area contributed by atoms with Crippen LogP contribution in [0.15, 0.2) is 24.3 Å². The summed E-state index contributed by atoms with van der Waals surface area (Å²) in [5.74, 6) is -1.41. The largest absolute Gasteiger partial charge is 0.345 e. The summed E-state index contributed by atoms with van der Waals surface area (Å²) in [6.45, 7) is 4.07. The van der Waals surface area contributed by atoms with E-state index in [1.54, 1.807) is 29.0 Å². The van der Waals surface area contributed by atoms with Gasteiger partial charge in [0.05, 0.1) is 6.04 Å². The number of likely N-dealkylation sites (N-methyl/N-ethyl adjacent to an activating group) is 1. The van der Waals surface area contributed by atoms with Gasteiger partial charge in [-0.3, -0.25) is 19.3 Å². The van der Waals surface area contributed by atoms with Crippen LogP contribution in [0.25, 0.3) is 0 Å². The lowest BCUT2D eigenvalue weighted by atomic mass is 10.1. The van der Waals surface area contributed by atoms with Crippen LogP contribution >= 0.6 is 0 Å². The lowest BCUT2D eigenvalue weighted by Crippen LogP contribution is -2.57. The van der Waals surface area contributed by atoms with Crippen molar-refractivity contribution in [3.63, 3.8) is 0 Å². The maximum atomic E-state index is 13.3. The zero-order chi connectivity index (χ0) is 20.3. The summed E-state index contributed by atoms with van der Waals surface area (Å²) in [5.41, 5.74) is 0.736. The van der Waals surface area contributed by atoms with Crippen molar-refractivity contribution in [1.82, 2.24) is 20.0 Å². The minimum atomic E-state index is -0.532. The summed E-state index contributed by atoms with van der Waals surface area (Å²) in [5, 5.41) is 2.71. The van der Waals surface area contributed by atoms with Crippen molar-refractivity contribution in [3.8, 4) is 0 Å². The van der Waals surface area contributed by atoms with Crippen molar-refractivity contribution in [1.29, 1.82) is 0 Å². The van der Waals surface area contributed by atoms with E-state index in [2.05, 4.69) is 5.32 Å². The van der Waals surface area contributed by atoms with Crippen LogP contribution in [0.5, 0.6) is 0 Å². The van der Waals surface area contributed by atoms with E-state index in [9.17, 15) is 18.8 Å². The second-order valence-electron chi connectivity index (χ2n) is 7.58. The molecule has 1 aliphatic heterocycles. The highest BCUT2D eigenvalue weighted by molar-refractivity contribution is 6.35. The Bertz CT molecular complexity index is 745. The molecule has 2 aliphatic rings. The van der Waals surface area contributed by atoms with E-state index in [1.807, 2.05) is 11.8 Å². The lowest BCUT2D eigenvalue weighted by molar-refractivity contribution is -0.148. The molecule has 0 radical (unpaired) electrons. The maximum absolute atomic E-state index is 13.3. The van der Waals surface area contributed by atoms with Crippen molar-refractivity contribution in [2.75, 3.05) is 33.2 Å². The molecular weight excluding hydrogens is 363 g/mol. The van der Waals surface area contributed by atoms with Crippen molar-refractivity contribution in [3.05, 3.63) is 35.6 Å². The number of rotatable bonds is 5. The first-order valence-electron chi connectivity index (χ1n) is 9.68. The SMILES string of the molecule is CC(C(=O)N(C)Cc1cccc(F)c1)N1CCN(C(=O)C(=O)NC2CC2)CC1. The minimum Gasteiger partial charge on any atom is -0.345 e. The molecule has 2 fully saturated rings. The van der Waals surface area contributed by atoms with Gasteiger partial charge in [-0.2, -0.15) is 0 Å². The van der Waals surface area contributed by atoms with Gasteiger partial charge >= 0.3 is 11.8 Å². The summed E-state index contributed by atoms with van der Waals surface area (Å²) < 4.78 is 13.3. The number of nitrogens with one attached hydrogen (secondary N) is 1. The Hall–Kier alpha value is -2.48. The molecule has 1 aromatic carbocycles. The predicted octanol–water partition coefficient (Wildman–Crippen LogP) is 0.595. The fraction of sp³-hybridized carbons (Fsp3) is 0.550. The van der Waals surface area contributed by atoms with Crippen molar-refractivity contribution in [2.45, 2.75) is 38.4 Å². The van der Waals surface area contributed by atoms with Crippen LogP contribution in [-0.4, -0.2) is 77.7 Å². The Morgan fingerprint density at radius 2 is 1.89 bits per heavy atom. The maximum Gasteiger partial charge on any atom is 0.311 e. The molecule has 1 saturated heterocycles. The molecule has 0 spiro atoms. The van der Waals surface area contributed by atoms with E-state index in [0.29, 0.717) is 32.7 Å². The van der Waals surface area contributed by atoms with Gasteiger partial charge < -0.3 is 15.1 Å². The average Bonchev–Trinajstić information content (AvgIpc) is 3.50. The number of carbonyl (C=O) groups is 3. The first kappa shape index (κ1) is 20.3. The molecule has 1 aliphatic carbocycles. The van der Waals surface area contributed by atoms with Crippen LogP contribution < -0.4 is 5.32 Å². The summed E-state index contributed by atoms with van der Waals surface area (Å²) in [6.07, 6.45) is 1.88. The smallest absolute Gasteiger partial charge is 0.311 e. The second-order valence-corrected chi connectivity index (χ2v) is 7.58. The lowest BCUT2D eigenvalue weighted by Gasteiger charge is -2.38. The van der Waals surface area contributed by atoms with Gasteiger partial charge in [0, 0.05) is 45.8 Å². The Morgan fingerprint density at radius 1 is 1.21 bits per heavy atom. The fourth-order valence-electron chi connectivity index (χ4n) is 3.39. The number of nitrogens with zero attached hydrogens (tertiary/aromatic N) is 3. The van der Waals surface area contributed by atoms with E-state index in [0.717, 1.165) is 18.4 Å². The van der Waals surface area contributed by atoms with Crippen LogP contribution in [0.4, 0.5) is 4.39 Å². The number of hydrogen-bond donors (Lipinski definition) is 1. The van der Waals surface area contributed by atoms with Crippen LogP contribution in [-0.2, 0) is 20.9 Å². The minimum absolute atomic E-state index is 0.0597. The van der Waals surface area contributed by atoms with Gasteiger partial charge in [-0.05, 0) is 37.5 Å². The zero-order valence-corrected chi connectivity index (χ0v) is 16.4. The standard InChI is InChI=1S/C20H27FN4O3/c1-14(19(27)23(2)13-15-4-3-5-16(21)12-15)24-8-10-25(11-9-24)20(28)18(26)22-17-6-7-17/h3-5,12,14,17H,6-11,13H2,1-2H3,(H,22,26). The third-order valence-electron chi connectivity index (χ3n) is 5.30. The van der Waals surface area contributed by atoms with Crippen LogP contribution in [0, 0.1) is 5.82 Å². The molecule has 0 aromatic heterocycles. The highest BCUT2D eigenvalue weighted by Crippen LogP contribution is 2.18. The van der Waals surface area contributed by atoms with Crippen molar-refractivity contribution in [2.24, 2.45) is 0 Å². The Kier molecular flexibility index (Phi) is 6.28. The number of hydrogen-bond acceptors (Lipinski definition) is 4. The van der Waals surface area contributed by atoms with Crippen LogP contribution in [0.3, 0.4) is 0 Å². The number of carbonyl (C=O) groups excluding carboxylic acids is 3.